The second-order valence-corrected chi connectivity index (χ2v) is 11.5. The first-order valence-corrected chi connectivity index (χ1v) is 14.8. The van der Waals surface area contributed by atoms with E-state index in [2.05, 4.69) is 4.72 Å². The van der Waals surface area contributed by atoms with E-state index in [4.69, 9.17) is 14.2 Å². The summed E-state index contributed by atoms with van der Waals surface area (Å²) in [5.41, 5.74) is 0.154. The van der Waals surface area contributed by atoms with Crippen molar-refractivity contribution in [2.75, 3.05) is 14.2 Å². The molecular formula is C29H28N4O11S. The smallest absolute Gasteiger partial charge is 0.322 e. The molecule has 4 rings (SSSR count). The Labute approximate surface area is 257 Å². The van der Waals surface area contributed by atoms with Crippen LogP contribution in [0.1, 0.15) is 36.1 Å². The molecule has 1 aliphatic rings. The molecule has 0 fully saturated rings. The van der Waals surface area contributed by atoms with Crippen LogP contribution in [-0.4, -0.2) is 55.3 Å². The number of nitro benzene ring substituents is 2. The van der Waals surface area contributed by atoms with Crippen molar-refractivity contribution in [1.29, 1.82) is 0 Å². The van der Waals surface area contributed by atoms with Gasteiger partial charge in [0, 0.05) is 18.3 Å². The Kier molecular flexibility index (Phi) is 9.79. The Morgan fingerprint density at radius 1 is 1.00 bits per heavy atom. The number of methoxy groups -OCH3 is 2. The Morgan fingerprint density at radius 2 is 1.67 bits per heavy atom. The van der Waals surface area contributed by atoms with Crippen LogP contribution in [0.25, 0.3) is 6.08 Å². The summed E-state index contributed by atoms with van der Waals surface area (Å²) >= 11 is 0. The van der Waals surface area contributed by atoms with Crippen LogP contribution in [0.2, 0.25) is 0 Å². The van der Waals surface area contributed by atoms with E-state index in [1.54, 1.807) is 30.3 Å². The highest BCUT2D eigenvalue weighted by molar-refractivity contribution is 7.89. The minimum Gasteiger partial charge on any atom is -0.493 e. The van der Waals surface area contributed by atoms with Crippen molar-refractivity contribution in [3.63, 3.8) is 0 Å². The maximum atomic E-state index is 13.7. The number of ether oxygens (including phenoxy) is 3. The molecule has 0 spiro atoms. The number of carbonyl (C=O) groups is 2. The number of benzene rings is 3. The van der Waals surface area contributed by atoms with Crippen LogP contribution in [0, 0.1) is 20.2 Å². The quantitative estimate of drug-likeness (QED) is 0.171. The molecule has 0 aliphatic carbocycles. The van der Waals surface area contributed by atoms with Crippen LogP contribution in [0.4, 0.5) is 11.4 Å². The fourth-order valence-electron chi connectivity index (χ4n) is 4.76. The van der Waals surface area contributed by atoms with Crippen LogP contribution in [-0.2, 0) is 31.0 Å². The Balaban J connectivity index is 1.68. The van der Waals surface area contributed by atoms with Crippen LogP contribution < -0.4 is 14.2 Å². The van der Waals surface area contributed by atoms with Gasteiger partial charge in [-0.3, -0.25) is 29.8 Å². The fraction of sp³-hybridized carbons (Fsp3) is 0.241. The van der Waals surface area contributed by atoms with Gasteiger partial charge < -0.3 is 19.1 Å². The number of hydrogen-bond acceptors (Lipinski definition) is 11. The van der Waals surface area contributed by atoms with Gasteiger partial charge in [-0.1, -0.05) is 30.3 Å². The zero-order valence-corrected chi connectivity index (χ0v) is 25.1. The number of nitrogens with one attached hydrogen (secondary N) is 1. The second-order valence-electron chi connectivity index (χ2n) is 9.74. The third kappa shape index (κ3) is 7.08. The number of rotatable bonds is 12. The molecule has 15 nitrogen and oxygen atoms in total. The Bertz CT molecular complexity index is 1760. The predicted molar refractivity (Wildman–Crippen MR) is 159 cm³/mol. The van der Waals surface area contributed by atoms with E-state index in [0.29, 0.717) is 5.56 Å². The molecule has 3 aromatic rings. The van der Waals surface area contributed by atoms with Crippen molar-refractivity contribution in [1.82, 2.24) is 9.62 Å². The summed E-state index contributed by atoms with van der Waals surface area (Å²) in [6, 6.07) is 11.7. The van der Waals surface area contributed by atoms with Gasteiger partial charge in [0.15, 0.2) is 5.75 Å². The lowest BCUT2D eigenvalue weighted by molar-refractivity contribution is -0.386. The standard InChI is InChI=1S/C29H28N4O11S/c1-18(30-45(40,41)21-11-9-20(10-12-21)32(36)37)29(35)31-14-13-22-23(15-25(42-2)28(43-3)27(22)33(38)39)24(31)16-26(34)44-17-19-7-5-4-6-8-19/h4-15,18,24,30H,16-17H2,1-3H3/t18-,24?/m0/s1. The Morgan fingerprint density at radius 3 is 2.24 bits per heavy atom. The predicted octanol–water partition coefficient (Wildman–Crippen LogP) is 3.87. The molecule has 45 heavy (non-hydrogen) atoms. The van der Waals surface area contributed by atoms with Crippen LogP contribution in [0.15, 0.2) is 71.8 Å². The molecule has 0 saturated heterocycles. The number of hydrogen-bond donors (Lipinski definition) is 1. The summed E-state index contributed by atoms with van der Waals surface area (Å²) < 4.78 is 44.3. The van der Waals surface area contributed by atoms with Crippen molar-refractivity contribution in [2.24, 2.45) is 0 Å². The highest BCUT2D eigenvalue weighted by atomic mass is 32.2. The van der Waals surface area contributed by atoms with Gasteiger partial charge in [0.1, 0.15) is 6.61 Å². The van der Waals surface area contributed by atoms with E-state index < -0.39 is 55.9 Å². The molecular weight excluding hydrogens is 612 g/mol. The molecule has 236 valence electrons. The molecule has 0 saturated carbocycles. The number of carbonyl (C=O) groups excluding carboxylic acids is 2. The van der Waals surface area contributed by atoms with Crippen molar-refractivity contribution in [3.05, 3.63) is 104 Å². The lowest BCUT2D eigenvalue weighted by Crippen LogP contribution is -2.47. The highest BCUT2D eigenvalue weighted by Gasteiger charge is 2.39. The minimum atomic E-state index is -4.33. The summed E-state index contributed by atoms with van der Waals surface area (Å²) in [6.45, 7) is 1.21. The molecule has 1 unspecified atom stereocenters. The topological polar surface area (TPSA) is 198 Å². The van der Waals surface area contributed by atoms with Crippen molar-refractivity contribution < 1.29 is 42.1 Å². The summed E-state index contributed by atoms with van der Waals surface area (Å²) in [7, 11) is -1.82. The van der Waals surface area contributed by atoms with Crippen molar-refractivity contribution in [3.8, 4) is 11.5 Å². The molecule has 16 heteroatoms. The first kappa shape index (κ1) is 32.6. The van der Waals surface area contributed by atoms with Gasteiger partial charge in [-0.15, -0.1) is 0 Å². The molecule has 1 N–H and O–H groups in total. The van der Waals surface area contributed by atoms with Gasteiger partial charge in [0.2, 0.25) is 21.7 Å². The Hall–Kier alpha value is -5.35. The van der Waals surface area contributed by atoms with Crippen LogP contribution in [0.3, 0.4) is 0 Å². The zero-order chi connectivity index (χ0) is 32.9. The van der Waals surface area contributed by atoms with E-state index in [1.807, 2.05) is 0 Å². The maximum absolute atomic E-state index is 13.7. The summed E-state index contributed by atoms with van der Waals surface area (Å²) in [5, 5.41) is 23.1. The van der Waals surface area contributed by atoms with E-state index >= 15 is 0 Å². The lowest BCUT2D eigenvalue weighted by Gasteiger charge is -2.34. The molecule has 0 aromatic heterocycles. The highest BCUT2D eigenvalue weighted by Crippen LogP contribution is 2.47. The van der Waals surface area contributed by atoms with E-state index in [0.717, 1.165) is 29.2 Å². The number of fused-ring (bicyclic) bond motifs is 1. The van der Waals surface area contributed by atoms with Gasteiger partial charge in [-0.25, -0.2) is 8.42 Å². The van der Waals surface area contributed by atoms with Crippen LogP contribution >= 0.6 is 0 Å². The largest absolute Gasteiger partial charge is 0.493 e. The number of esters is 1. The SMILES string of the molecule is COc1cc2c(c([N+](=O)[O-])c1OC)C=CN(C(=O)[C@H](C)NS(=O)(=O)c1ccc([N+](=O)[O-])cc1)C2CC(=O)OCc1ccccc1. The third-order valence-electron chi connectivity index (χ3n) is 6.91. The number of amides is 1. The zero-order valence-electron chi connectivity index (χ0n) is 24.2. The minimum absolute atomic E-state index is 0.0276. The normalized spacial score (nSPS) is 14.6. The van der Waals surface area contributed by atoms with E-state index in [1.165, 1.54) is 39.5 Å². The molecule has 0 bridgehead atoms. The molecule has 1 amide bonds. The van der Waals surface area contributed by atoms with Gasteiger partial charge in [0.05, 0.1) is 53.0 Å². The summed E-state index contributed by atoms with van der Waals surface area (Å²) in [4.78, 5) is 49.3. The number of non-ortho nitro benzene ring substituents is 1. The molecule has 3 aromatic carbocycles. The number of sulfonamides is 1. The first-order chi connectivity index (χ1) is 21.4. The molecule has 2 atom stereocenters. The molecule has 0 radical (unpaired) electrons. The fourth-order valence-corrected chi connectivity index (χ4v) is 5.96. The van der Waals surface area contributed by atoms with Gasteiger partial charge in [0.25, 0.3) is 5.69 Å². The van der Waals surface area contributed by atoms with Gasteiger partial charge in [-0.05, 0) is 42.3 Å². The lowest BCUT2D eigenvalue weighted by atomic mass is 9.91. The average molecular weight is 641 g/mol. The number of nitro groups is 2. The molecule has 1 aliphatic heterocycles. The third-order valence-corrected chi connectivity index (χ3v) is 8.47. The summed E-state index contributed by atoms with van der Waals surface area (Å²) in [5.74, 6) is -1.74. The average Bonchev–Trinajstić information content (AvgIpc) is 3.02. The van der Waals surface area contributed by atoms with E-state index in [9.17, 15) is 38.2 Å². The number of nitrogens with zero attached hydrogens (tertiary/aromatic N) is 3. The van der Waals surface area contributed by atoms with Gasteiger partial charge in [-0.2, -0.15) is 4.72 Å². The second kappa shape index (κ2) is 13.5. The van der Waals surface area contributed by atoms with Gasteiger partial charge >= 0.3 is 11.7 Å². The summed E-state index contributed by atoms with van der Waals surface area (Å²) in [6.07, 6.45) is 2.05. The monoisotopic (exact) mass is 640 g/mol. The van der Waals surface area contributed by atoms with Crippen molar-refractivity contribution in [2.45, 2.75) is 36.9 Å². The maximum Gasteiger partial charge on any atom is 0.322 e. The molecule has 1 heterocycles. The van der Waals surface area contributed by atoms with Crippen molar-refractivity contribution >= 4 is 39.4 Å². The first-order valence-electron chi connectivity index (χ1n) is 13.3. The van der Waals surface area contributed by atoms with E-state index in [-0.39, 0.29) is 39.8 Å². The van der Waals surface area contributed by atoms with Crippen LogP contribution in [0.5, 0.6) is 11.5 Å².